The van der Waals surface area contributed by atoms with E-state index in [0.29, 0.717) is 13.0 Å². The van der Waals surface area contributed by atoms with E-state index in [-0.39, 0.29) is 11.3 Å². The van der Waals surface area contributed by atoms with Crippen molar-refractivity contribution in [2.45, 2.75) is 31.7 Å². The summed E-state index contributed by atoms with van der Waals surface area (Å²) >= 11 is 0. The number of nitrogens with one attached hydrogen (secondary N) is 2. The summed E-state index contributed by atoms with van der Waals surface area (Å²) in [5.41, 5.74) is 0.898. The van der Waals surface area contributed by atoms with Crippen LogP contribution in [0.2, 0.25) is 0 Å². The van der Waals surface area contributed by atoms with Gasteiger partial charge in [0.15, 0.2) is 0 Å². The summed E-state index contributed by atoms with van der Waals surface area (Å²) in [6, 6.07) is 3.69. The summed E-state index contributed by atoms with van der Waals surface area (Å²) in [7, 11) is -3.22. The zero-order valence-electron chi connectivity index (χ0n) is 11.2. The molecule has 0 aromatic carbocycles. The summed E-state index contributed by atoms with van der Waals surface area (Å²) in [6.07, 6.45) is 5.99. The molecule has 1 saturated heterocycles. The first kappa shape index (κ1) is 14.4. The number of aromatic nitrogens is 1. The summed E-state index contributed by atoms with van der Waals surface area (Å²) < 4.78 is 26.6. The molecule has 19 heavy (non-hydrogen) atoms. The van der Waals surface area contributed by atoms with Crippen LogP contribution in [0.15, 0.2) is 24.5 Å². The number of pyridine rings is 1. The van der Waals surface area contributed by atoms with Crippen molar-refractivity contribution in [1.82, 2.24) is 15.0 Å². The van der Waals surface area contributed by atoms with Crippen LogP contribution in [0.4, 0.5) is 0 Å². The number of hydrogen-bond acceptors (Lipinski definition) is 4. The quantitative estimate of drug-likeness (QED) is 0.805. The van der Waals surface area contributed by atoms with E-state index in [0.717, 1.165) is 24.9 Å². The maximum Gasteiger partial charge on any atom is 0.211 e. The lowest BCUT2D eigenvalue weighted by Crippen LogP contribution is -2.47. The van der Waals surface area contributed by atoms with Crippen molar-refractivity contribution >= 4 is 10.0 Å². The molecule has 0 aliphatic carbocycles. The molecule has 1 aromatic rings. The lowest BCUT2D eigenvalue weighted by atomic mass is 10.0. The van der Waals surface area contributed by atoms with Gasteiger partial charge in [-0.3, -0.25) is 4.98 Å². The Bertz CT molecular complexity index is 496. The molecular weight excluding hydrogens is 262 g/mol. The van der Waals surface area contributed by atoms with Gasteiger partial charge in [0.25, 0.3) is 0 Å². The molecule has 1 aliphatic heterocycles. The second-order valence-electron chi connectivity index (χ2n) is 5.34. The highest BCUT2D eigenvalue weighted by Crippen LogP contribution is 2.17. The fourth-order valence-corrected chi connectivity index (χ4v) is 3.44. The summed E-state index contributed by atoms with van der Waals surface area (Å²) in [4.78, 5) is 3.91. The number of aryl methyl sites for hydroxylation is 1. The van der Waals surface area contributed by atoms with Crippen LogP contribution in [-0.4, -0.2) is 37.8 Å². The van der Waals surface area contributed by atoms with Gasteiger partial charge >= 0.3 is 0 Å². The number of nitrogens with zero attached hydrogens (tertiary/aromatic N) is 1. The maximum atomic E-state index is 11.9. The van der Waals surface area contributed by atoms with Crippen molar-refractivity contribution in [1.29, 1.82) is 0 Å². The Morgan fingerprint density at radius 2 is 2.16 bits per heavy atom. The van der Waals surface area contributed by atoms with E-state index in [1.165, 1.54) is 0 Å². The second kappa shape index (κ2) is 5.98. The molecule has 1 atom stereocenters. The summed E-state index contributed by atoms with van der Waals surface area (Å²) in [5.74, 6) is 0.118. The first-order chi connectivity index (χ1) is 8.99. The van der Waals surface area contributed by atoms with Crippen LogP contribution in [-0.2, 0) is 16.4 Å². The highest BCUT2D eigenvalue weighted by molar-refractivity contribution is 7.89. The molecule has 0 amide bonds. The maximum absolute atomic E-state index is 11.9. The third-order valence-electron chi connectivity index (χ3n) is 3.55. The van der Waals surface area contributed by atoms with Gasteiger partial charge in [0.1, 0.15) is 0 Å². The van der Waals surface area contributed by atoms with Crippen molar-refractivity contribution in [2.24, 2.45) is 0 Å². The SMILES string of the molecule is CC1(CNS(=O)(=O)CCc2ccncc2)CCCN1. The highest BCUT2D eigenvalue weighted by atomic mass is 32.2. The molecule has 106 valence electrons. The molecule has 2 N–H and O–H groups in total. The molecular formula is C13H21N3O2S. The Hall–Kier alpha value is -0.980. The largest absolute Gasteiger partial charge is 0.310 e. The first-order valence-electron chi connectivity index (χ1n) is 6.60. The van der Waals surface area contributed by atoms with Crippen molar-refractivity contribution in [3.05, 3.63) is 30.1 Å². The van der Waals surface area contributed by atoms with Crippen molar-refractivity contribution < 1.29 is 8.42 Å². The van der Waals surface area contributed by atoms with Gasteiger partial charge in [-0.2, -0.15) is 0 Å². The molecule has 1 fully saturated rings. The summed E-state index contributed by atoms with van der Waals surface area (Å²) in [5, 5.41) is 3.34. The fourth-order valence-electron chi connectivity index (χ4n) is 2.25. The molecule has 1 aromatic heterocycles. The van der Waals surface area contributed by atoms with Crippen LogP contribution in [0.1, 0.15) is 25.3 Å². The van der Waals surface area contributed by atoms with Gasteiger partial charge in [-0.15, -0.1) is 0 Å². The van der Waals surface area contributed by atoms with Crippen molar-refractivity contribution in [2.75, 3.05) is 18.8 Å². The monoisotopic (exact) mass is 283 g/mol. The van der Waals surface area contributed by atoms with Crippen LogP contribution in [0.25, 0.3) is 0 Å². The minimum atomic E-state index is -3.22. The third kappa shape index (κ3) is 4.56. The molecule has 2 rings (SSSR count). The molecule has 0 spiro atoms. The second-order valence-corrected chi connectivity index (χ2v) is 7.26. The number of rotatable bonds is 6. The standard InChI is InChI=1S/C13H21N3O2S/c1-13(6-2-7-15-13)11-16-19(17,18)10-5-12-3-8-14-9-4-12/h3-4,8-9,15-16H,2,5-7,10-11H2,1H3. The van der Waals surface area contributed by atoms with Gasteiger partial charge < -0.3 is 5.32 Å². The highest BCUT2D eigenvalue weighted by Gasteiger charge is 2.29. The first-order valence-corrected chi connectivity index (χ1v) is 8.26. The molecule has 1 aliphatic rings. The molecule has 6 heteroatoms. The Balaban J connectivity index is 1.82. The zero-order chi connectivity index (χ0) is 13.8. The van der Waals surface area contributed by atoms with Crippen LogP contribution in [0.5, 0.6) is 0 Å². The van der Waals surface area contributed by atoms with Crippen molar-refractivity contribution in [3.63, 3.8) is 0 Å². The molecule has 0 saturated carbocycles. The number of sulfonamides is 1. The van der Waals surface area contributed by atoms with Gasteiger partial charge in [0, 0.05) is 24.5 Å². The summed E-state index contributed by atoms with van der Waals surface area (Å²) in [6.45, 7) is 3.49. The van der Waals surface area contributed by atoms with E-state index in [1.54, 1.807) is 12.4 Å². The minimum Gasteiger partial charge on any atom is -0.310 e. The predicted molar refractivity (Wildman–Crippen MR) is 75.4 cm³/mol. The van der Waals surface area contributed by atoms with Gasteiger partial charge in [-0.05, 0) is 50.4 Å². The van der Waals surface area contributed by atoms with Crippen LogP contribution < -0.4 is 10.0 Å². The predicted octanol–water partition coefficient (Wildman–Crippen LogP) is 0.686. The van der Waals surface area contributed by atoms with E-state index in [1.807, 2.05) is 12.1 Å². The fraction of sp³-hybridized carbons (Fsp3) is 0.615. The average Bonchev–Trinajstić information content (AvgIpc) is 2.84. The van der Waals surface area contributed by atoms with Crippen LogP contribution in [0.3, 0.4) is 0 Å². The smallest absolute Gasteiger partial charge is 0.211 e. The average molecular weight is 283 g/mol. The molecule has 2 heterocycles. The topological polar surface area (TPSA) is 71.1 Å². The van der Waals surface area contributed by atoms with E-state index in [4.69, 9.17) is 0 Å². The van der Waals surface area contributed by atoms with Crippen LogP contribution in [0, 0.1) is 0 Å². The lowest BCUT2D eigenvalue weighted by molar-refractivity contribution is 0.409. The van der Waals surface area contributed by atoms with Gasteiger partial charge in [-0.25, -0.2) is 13.1 Å². The molecule has 0 radical (unpaired) electrons. The van der Waals surface area contributed by atoms with Crippen LogP contribution >= 0.6 is 0 Å². The third-order valence-corrected chi connectivity index (χ3v) is 4.87. The van der Waals surface area contributed by atoms with E-state index < -0.39 is 10.0 Å². The molecule has 0 bridgehead atoms. The Morgan fingerprint density at radius 1 is 1.42 bits per heavy atom. The molecule has 1 unspecified atom stereocenters. The Kier molecular flexibility index (Phi) is 4.54. The van der Waals surface area contributed by atoms with E-state index in [9.17, 15) is 8.42 Å². The van der Waals surface area contributed by atoms with Gasteiger partial charge in [-0.1, -0.05) is 0 Å². The minimum absolute atomic E-state index is 0.0935. The normalized spacial score (nSPS) is 23.6. The number of hydrogen-bond donors (Lipinski definition) is 2. The Morgan fingerprint density at radius 3 is 2.79 bits per heavy atom. The lowest BCUT2D eigenvalue weighted by Gasteiger charge is -2.24. The molecule has 5 nitrogen and oxygen atoms in total. The van der Waals surface area contributed by atoms with E-state index >= 15 is 0 Å². The van der Waals surface area contributed by atoms with Crippen molar-refractivity contribution in [3.8, 4) is 0 Å². The Labute approximate surface area is 114 Å². The zero-order valence-corrected chi connectivity index (χ0v) is 12.0. The van der Waals surface area contributed by atoms with Gasteiger partial charge in [0.05, 0.1) is 5.75 Å². The van der Waals surface area contributed by atoms with E-state index in [2.05, 4.69) is 21.9 Å². The van der Waals surface area contributed by atoms with Gasteiger partial charge in [0.2, 0.25) is 10.0 Å².